The second-order valence-electron chi connectivity index (χ2n) is 4.44. The van der Waals surface area contributed by atoms with Crippen molar-refractivity contribution in [1.82, 2.24) is 14.8 Å². The van der Waals surface area contributed by atoms with Crippen molar-refractivity contribution in [1.29, 1.82) is 0 Å². The molecule has 2 heterocycles. The molecule has 1 aromatic heterocycles. The Labute approximate surface area is 97.1 Å². The lowest BCUT2D eigenvalue weighted by Gasteiger charge is -2.32. The highest BCUT2D eigenvalue weighted by molar-refractivity contribution is 5.13. The smallest absolute Gasteiger partial charge is 0.0544 e. The minimum Gasteiger partial charge on any atom is -0.326 e. The first kappa shape index (κ1) is 11.5. The van der Waals surface area contributed by atoms with Crippen molar-refractivity contribution >= 4 is 0 Å². The Morgan fingerprint density at radius 1 is 1.25 bits per heavy atom. The monoisotopic (exact) mass is 220 g/mol. The summed E-state index contributed by atoms with van der Waals surface area (Å²) in [7, 11) is 2.17. The first-order valence-corrected chi connectivity index (χ1v) is 5.82. The lowest BCUT2D eigenvalue weighted by Crippen LogP contribution is -2.44. The number of pyridine rings is 1. The number of piperazine rings is 1. The fourth-order valence-corrected chi connectivity index (χ4v) is 1.90. The summed E-state index contributed by atoms with van der Waals surface area (Å²) in [6, 6.07) is 4.15. The average Bonchev–Trinajstić information content (AvgIpc) is 2.33. The molecule has 1 aromatic rings. The molecule has 0 bridgehead atoms. The third-order valence-corrected chi connectivity index (χ3v) is 3.10. The average molecular weight is 220 g/mol. The molecule has 16 heavy (non-hydrogen) atoms. The van der Waals surface area contributed by atoms with Crippen molar-refractivity contribution < 1.29 is 0 Å². The van der Waals surface area contributed by atoms with Crippen molar-refractivity contribution in [3.05, 3.63) is 29.6 Å². The number of likely N-dealkylation sites (N-methyl/N-ethyl adjacent to an activating group) is 1. The van der Waals surface area contributed by atoms with Crippen LogP contribution in [0.25, 0.3) is 0 Å². The Hall–Kier alpha value is -0.970. The zero-order valence-corrected chi connectivity index (χ0v) is 9.89. The second kappa shape index (κ2) is 5.39. The van der Waals surface area contributed by atoms with Crippen molar-refractivity contribution in [3.63, 3.8) is 0 Å². The van der Waals surface area contributed by atoms with Gasteiger partial charge in [-0.15, -0.1) is 0 Å². The maximum Gasteiger partial charge on any atom is 0.0544 e. The van der Waals surface area contributed by atoms with Crippen LogP contribution in [-0.2, 0) is 13.1 Å². The van der Waals surface area contributed by atoms with Crippen LogP contribution in [0.5, 0.6) is 0 Å². The van der Waals surface area contributed by atoms with Crippen molar-refractivity contribution in [2.45, 2.75) is 13.1 Å². The van der Waals surface area contributed by atoms with Gasteiger partial charge in [-0.3, -0.25) is 9.88 Å². The molecule has 2 N–H and O–H groups in total. The zero-order valence-electron chi connectivity index (χ0n) is 9.89. The highest BCUT2D eigenvalue weighted by atomic mass is 15.2. The molecule has 1 saturated heterocycles. The molecular weight excluding hydrogens is 200 g/mol. The van der Waals surface area contributed by atoms with E-state index in [2.05, 4.69) is 34.0 Å². The second-order valence-corrected chi connectivity index (χ2v) is 4.44. The lowest BCUT2D eigenvalue weighted by molar-refractivity contribution is 0.147. The van der Waals surface area contributed by atoms with Crippen LogP contribution in [0.1, 0.15) is 11.3 Å². The topological polar surface area (TPSA) is 45.4 Å². The highest BCUT2D eigenvalue weighted by Crippen LogP contribution is 2.06. The Balaban J connectivity index is 1.88. The quantitative estimate of drug-likeness (QED) is 0.795. The lowest BCUT2D eigenvalue weighted by atomic mass is 10.2. The Morgan fingerprint density at radius 2 is 2.00 bits per heavy atom. The van der Waals surface area contributed by atoms with Gasteiger partial charge in [0.05, 0.1) is 5.69 Å². The van der Waals surface area contributed by atoms with E-state index in [1.807, 2.05) is 6.20 Å². The van der Waals surface area contributed by atoms with E-state index >= 15 is 0 Å². The molecule has 4 nitrogen and oxygen atoms in total. The van der Waals surface area contributed by atoms with Gasteiger partial charge in [0.1, 0.15) is 0 Å². The minimum absolute atomic E-state index is 0.571. The first-order valence-electron chi connectivity index (χ1n) is 5.82. The zero-order chi connectivity index (χ0) is 11.4. The van der Waals surface area contributed by atoms with Gasteiger partial charge in [-0.05, 0) is 18.7 Å². The molecular formula is C12H20N4. The molecule has 0 spiro atoms. The maximum absolute atomic E-state index is 5.54. The summed E-state index contributed by atoms with van der Waals surface area (Å²) in [6.07, 6.45) is 1.88. The number of aromatic nitrogens is 1. The number of hydrogen-bond acceptors (Lipinski definition) is 4. The third kappa shape index (κ3) is 3.01. The highest BCUT2D eigenvalue weighted by Gasteiger charge is 2.13. The molecule has 0 saturated carbocycles. The van der Waals surface area contributed by atoms with Crippen molar-refractivity contribution in [2.24, 2.45) is 5.73 Å². The van der Waals surface area contributed by atoms with Crippen LogP contribution in [0.2, 0.25) is 0 Å². The van der Waals surface area contributed by atoms with E-state index in [0.717, 1.165) is 44.0 Å². The predicted octanol–water partition coefficient (Wildman–Crippen LogP) is 0.288. The molecule has 0 atom stereocenters. The number of nitrogens with zero attached hydrogens (tertiary/aromatic N) is 3. The van der Waals surface area contributed by atoms with E-state index in [1.54, 1.807) is 0 Å². The van der Waals surface area contributed by atoms with Crippen LogP contribution >= 0.6 is 0 Å². The molecule has 0 amide bonds. The molecule has 0 aliphatic carbocycles. The summed E-state index contributed by atoms with van der Waals surface area (Å²) in [5, 5.41) is 0. The van der Waals surface area contributed by atoms with E-state index in [4.69, 9.17) is 5.73 Å². The Bertz CT molecular complexity index is 314. The van der Waals surface area contributed by atoms with Crippen LogP contribution in [-0.4, -0.2) is 48.0 Å². The first-order chi connectivity index (χ1) is 7.78. The third-order valence-electron chi connectivity index (χ3n) is 3.10. The van der Waals surface area contributed by atoms with Crippen LogP contribution in [0.4, 0.5) is 0 Å². The van der Waals surface area contributed by atoms with E-state index in [-0.39, 0.29) is 0 Å². The summed E-state index contributed by atoms with van der Waals surface area (Å²) in [6.45, 7) is 6.11. The molecule has 0 unspecified atom stereocenters. The van der Waals surface area contributed by atoms with Gasteiger partial charge in [0.2, 0.25) is 0 Å². The van der Waals surface area contributed by atoms with Crippen molar-refractivity contribution in [2.75, 3.05) is 33.2 Å². The normalized spacial score (nSPS) is 18.9. The van der Waals surface area contributed by atoms with Gasteiger partial charge in [-0.1, -0.05) is 6.07 Å². The van der Waals surface area contributed by atoms with Gasteiger partial charge in [0.25, 0.3) is 0 Å². The van der Waals surface area contributed by atoms with Crippen molar-refractivity contribution in [3.8, 4) is 0 Å². The van der Waals surface area contributed by atoms with E-state index in [1.165, 1.54) is 0 Å². The van der Waals surface area contributed by atoms with Gasteiger partial charge < -0.3 is 10.6 Å². The maximum atomic E-state index is 5.54. The van der Waals surface area contributed by atoms with Crippen LogP contribution < -0.4 is 5.73 Å². The summed E-state index contributed by atoms with van der Waals surface area (Å²) in [4.78, 5) is 9.24. The van der Waals surface area contributed by atoms with Gasteiger partial charge in [-0.2, -0.15) is 0 Å². The number of nitrogens with two attached hydrogens (primary N) is 1. The van der Waals surface area contributed by atoms with Gasteiger partial charge in [-0.25, -0.2) is 0 Å². The molecule has 1 aliphatic rings. The Kier molecular flexibility index (Phi) is 3.88. The van der Waals surface area contributed by atoms with Gasteiger partial charge in [0.15, 0.2) is 0 Å². The molecule has 1 fully saturated rings. The Morgan fingerprint density at radius 3 is 2.56 bits per heavy atom. The molecule has 88 valence electrons. The van der Waals surface area contributed by atoms with Gasteiger partial charge in [0, 0.05) is 45.5 Å². The molecule has 0 aromatic carbocycles. The number of hydrogen-bond donors (Lipinski definition) is 1. The fraction of sp³-hybridized carbons (Fsp3) is 0.583. The fourth-order valence-electron chi connectivity index (χ4n) is 1.90. The van der Waals surface area contributed by atoms with Crippen LogP contribution in [0, 0.1) is 0 Å². The largest absolute Gasteiger partial charge is 0.326 e. The predicted molar refractivity (Wildman–Crippen MR) is 64.9 cm³/mol. The summed E-state index contributed by atoms with van der Waals surface area (Å²) >= 11 is 0. The standard InChI is InChI=1S/C12H20N4/c1-15-4-6-16(7-5-15)10-12-3-2-11(8-13)9-14-12/h2-3,9H,4-8,10,13H2,1H3. The van der Waals surface area contributed by atoms with E-state index < -0.39 is 0 Å². The summed E-state index contributed by atoms with van der Waals surface area (Å²) in [5.41, 5.74) is 7.78. The van der Waals surface area contributed by atoms with E-state index in [9.17, 15) is 0 Å². The molecule has 4 heteroatoms. The molecule has 0 radical (unpaired) electrons. The van der Waals surface area contributed by atoms with Gasteiger partial charge >= 0.3 is 0 Å². The molecule has 2 rings (SSSR count). The minimum atomic E-state index is 0.571. The number of rotatable bonds is 3. The summed E-state index contributed by atoms with van der Waals surface area (Å²) in [5.74, 6) is 0. The van der Waals surface area contributed by atoms with Crippen LogP contribution in [0.3, 0.4) is 0 Å². The van der Waals surface area contributed by atoms with E-state index in [0.29, 0.717) is 6.54 Å². The SMILES string of the molecule is CN1CCN(Cc2ccc(CN)cn2)CC1. The summed E-state index contributed by atoms with van der Waals surface area (Å²) < 4.78 is 0. The molecule has 1 aliphatic heterocycles. The van der Waals surface area contributed by atoms with Crippen LogP contribution in [0.15, 0.2) is 18.3 Å².